The van der Waals surface area contributed by atoms with Crippen molar-refractivity contribution in [3.05, 3.63) is 73.3 Å². The van der Waals surface area contributed by atoms with Gasteiger partial charge in [0.2, 0.25) is 4.80 Å². The molecule has 0 spiro atoms. The molecule has 0 unspecified atom stereocenters. The first-order valence-corrected chi connectivity index (χ1v) is 8.98. The van der Waals surface area contributed by atoms with Crippen molar-refractivity contribution in [2.24, 2.45) is 10.1 Å². The number of aromatic nitrogens is 1. The Morgan fingerprint density at radius 1 is 1.00 bits per heavy atom. The molecule has 0 radical (unpaired) electrons. The van der Waals surface area contributed by atoms with Gasteiger partial charge in [0, 0.05) is 28.0 Å². The van der Waals surface area contributed by atoms with Crippen molar-refractivity contribution in [3.8, 4) is 11.3 Å². The second-order valence-corrected chi connectivity index (χ2v) is 6.98. The summed E-state index contributed by atoms with van der Waals surface area (Å²) in [6.45, 7) is 0. The molecular weight excluding hydrogens is 385 g/mol. The summed E-state index contributed by atoms with van der Waals surface area (Å²) in [5.41, 5.74) is 2.64. The van der Waals surface area contributed by atoms with Crippen molar-refractivity contribution >= 4 is 52.4 Å². The monoisotopic (exact) mass is 395 g/mol. The van der Waals surface area contributed by atoms with Gasteiger partial charge in [-0.15, -0.1) is 11.3 Å². The van der Waals surface area contributed by atoms with Crippen molar-refractivity contribution in [2.45, 2.75) is 0 Å². The van der Waals surface area contributed by atoms with Gasteiger partial charge in [0.25, 0.3) is 0 Å². The van der Waals surface area contributed by atoms with E-state index >= 15 is 0 Å². The second kappa shape index (κ2) is 7.53. The Labute approximate surface area is 158 Å². The van der Waals surface area contributed by atoms with Crippen LogP contribution in [0.15, 0.2) is 57.9 Å². The highest BCUT2D eigenvalue weighted by atomic mass is 35.5. The molecule has 24 heavy (non-hydrogen) atoms. The number of hydrogen-bond donors (Lipinski definition) is 0. The molecule has 0 N–H and O–H groups in total. The molecule has 7 heteroatoms. The van der Waals surface area contributed by atoms with Crippen molar-refractivity contribution in [1.82, 2.24) is 4.68 Å². The molecule has 122 valence electrons. The van der Waals surface area contributed by atoms with Crippen LogP contribution in [0.4, 0.5) is 0 Å². The first-order valence-electron chi connectivity index (χ1n) is 6.97. The Morgan fingerprint density at radius 2 is 1.71 bits per heavy atom. The minimum Gasteiger partial charge on any atom is -0.261 e. The lowest BCUT2D eigenvalue weighted by molar-refractivity contribution is 0.848. The SMILES string of the molecule is CN=c1scc(-c2ccc(Cl)cc2Cl)n1/N=C\c1ccc(Cl)cc1. The zero-order valence-corrected chi connectivity index (χ0v) is 15.7. The lowest BCUT2D eigenvalue weighted by Crippen LogP contribution is -2.11. The highest BCUT2D eigenvalue weighted by Gasteiger charge is 2.11. The van der Waals surface area contributed by atoms with E-state index < -0.39 is 0 Å². The number of halogens is 3. The molecule has 0 atom stereocenters. The van der Waals surface area contributed by atoms with Gasteiger partial charge in [-0.3, -0.25) is 4.99 Å². The molecule has 3 rings (SSSR count). The fraction of sp³-hybridized carbons (Fsp3) is 0.0588. The maximum Gasteiger partial charge on any atom is 0.205 e. The summed E-state index contributed by atoms with van der Waals surface area (Å²) >= 11 is 19.7. The third-order valence-corrected chi connectivity index (χ3v) is 4.98. The molecule has 3 aromatic rings. The van der Waals surface area contributed by atoms with Crippen LogP contribution in [0.2, 0.25) is 15.1 Å². The molecule has 1 aromatic heterocycles. The van der Waals surface area contributed by atoms with Crippen LogP contribution in [0.25, 0.3) is 11.3 Å². The lowest BCUT2D eigenvalue weighted by atomic mass is 10.2. The van der Waals surface area contributed by atoms with E-state index in [4.69, 9.17) is 34.8 Å². The summed E-state index contributed by atoms with van der Waals surface area (Å²) in [4.78, 5) is 5.03. The smallest absolute Gasteiger partial charge is 0.205 e. The fourth-order valence-electron chi connectivity index (χ4n) is 2.12. The topological polar surface area (TPSA) is 29.6 Å². The van der Waals surface area contributed by atoms with E-state index in [2.05, 4.69) is 10.1 Å². The number of nitrogens with zero attached hydrogens (tertiary/aromatic N) is 3. The summed E-state index contributed by atoms with van der Waals surface area (Å²) in [5.74, 6) is 0. The van der Waals surface area contributed by atoms with Gasteiger partial charge in [0.05, 0.1) is 16.9 Å². The molecule has 0 bridgehead atoms. The quantitative estimate of drug-likeness (QED) is 0.517. The van der Waals surface area contributed by atoms with E-state index in [1.807, 2.05) is 35.7 Å². The minimum absolute atomic E-state index is 0.568. The van der Waals surface area contributed by atoms with Gasteiger partial charge < -0.3 is 0 Å². The molecule has 0 saturated carbocycles. The Morgan fingerprint density at radius 3 is 2.38 bits per heavy atom. The van der Waals surface area contributed by atoms with E-state index in [1.54, 1.807) is 30.1 Å². The first kappa shape index (κ1) is 17.2. The lowest BCUT2D eigenvalue weighted by Gasteiger charge is -2.06. The van der Waals surface area contributed by atoms with Gasteiger partial charge in [0.15, 0.2) is 0 Å². The summed E-state index contributed by atoms with van der Waals surface area (Å²) in [6, 6.07) is 12.8. The summed E-state index contributed by atoms with van der Waals surface area (Å²) in [6.07, 6.45) is 1.76. The number of hydrogen-bond acceptors (Lipinski definition) is 3. The molecule has 0 aliphatic rings. The summed E-state index contributed by atoms with van der Waals surface area (Å²) in [7, 11) is 1.73. The Hall–Kier alpha value is -1.59. The first-order chi connectivity index (χ1) is 11.6. The van der Waals surface area contributed by atoms with Gasteiger partial charge in [-0.05, 0) is 35.9 Å². The molecule has 3 nitrogen and oxygen atoms in total. The number of rotatable bonds is 3. The molecule has 1 heterocycles. The van der Waals surface area contributed by atoms with Crippen LogP contribution in [0, 0.1) is 0 Å². The largest absolute Gasteiger partial charge is 0.261 e. The van der Waals surface area contributed by atoms with Crippen molar-refractivity contribution in [3.63, 3.8) is 0 Å². The number of thiazole rings is 1. The molecule has 0 fully saturated rings. The predicted octanol–water partition coefficient (Wildman–Crippen LogP) is 5.59. The van der Waals surface area contributed by atoms with Crippen LogP contribution in [-0.2, 0) is 0 Å². The molecule has 2 aromatic carbocycles. The van der Waals surface area contributed by atoms with E-state index in [0.717, 1.165) is 21.6 Å². The Balaban J connectivity index is 2.07. The third-order valence-electron chi connectivity index (χ3n) is 3.28. The van der Waals surface area contributed by atoms with Crippen molar-refractivity contribution < 1.29 is 0 Å². The van der Waals surface area contributed by atoms with E-state index in [-0.39, 0.29) is 0 Å². The van der Waals surface area contributed by atoms with Gasteiger partial charge in [-0.1, -0.05) is 46.9 Å². The van der Waals surface area contributed by atoms with Gasteiger partial charge in [-0.2, -0.15) is 5.10 Å². The minimum atomic E-state index is 0.568. The maximum atomic E-state index is 6.33. The molecule has 0 aliphatic carbocycles. The summed E-state index contributed by atoms with van der Waals surface area (Å²) < 4.78 is 1.76. The van der Waals surface area contributed by atoms with Crippen LogP contribution in [0.3, 0.4) is 0 Å². The van der Waals surface area contributed by atoms with E-state index in [1.165, 1.54) is 11.3 Å². The molecular formula is C17H12Cl3N3S. The molecule has 0 aliphatic heterocycles. The number of benzene rings is 2. The predicted molar refractivity (Wildman–Crippen MR) is 104 cm³/mol. The maximum absolute atomic E-state index is 6.33. The zero-order chi connectivity index (χ0) is 17.1. The van der Waals surface area contributed by atoms with Crippen LogP contribution in [-0.4, -0.2) is 17.9 Å². The van der Waals surface area contributed by atoms with Gasteiger partial charge >= 0.3 is 0 Å². The average Bonchev–Trinajstić information content (AvgIpc) is 2.97. The highest BCUT2D eigenvalue weighted by Crippen LogP contribution is 2.30. The third kappa shape index (κ3) is 3.73. The summed E-state index contributed by atoms with van der Waals surface area (Å²) in [5, 5.41) is 8.37. The molecule has 0 amide bonds. The standard InChI is InChI=1S/C17H12Cl3N3S/c1-21-17-23(22-9-11-2-4-12(18)5-3-11)16(10-24-17)14-7-6-13(19)8-15(14)20/h2-10H,1H3/b21-17?,22-9-. The second-order valence-electron chi connectivity index (χ2n) is 4.86. The van der Waals surface area contributed by atoms with E-state index in [0.29, 0.717) is 15.1 Å². The van der Waals surface area contributed by atoms with E-state index in [9.17, 15) is 0 Å². The zero-order valence-electron chi connectivity index (χ0n) is 12.6. The van der Waals surface area contributed by atoms with Crippen LogP contribution < -0.4 is 4.80 Å². The van der Waals surface area contributed by atoms with Crippen LogP contribution >= 0.6 is 46.1 Å². The van der Waals surface area contributed by atoms with Crippen molar-refractivity contribution in [1.29, 1.82) is 0 Å². The van der Waals surface area contributed by atoms with Gasteiger partial charge in [0.1, 0.15) is 0 Å². The fourth-order valence-corrected chi connectivity index (χ4v) is 3.54. The Kier molecular flexibility index (Phi) is 5.41. The van der Waals surface area contributed by atoms with Crippen LogP contribution in [0.1, 0.15) is 5.56 Å². The van der Waals surface area contributed by atoms with Crippen LogP contribution in [0.5, 0.6) is 0 Å². The average molecular weight is 397 g/mol. The normalized spacial score (nSPS) is 12.2. The Bertz CT molecular complexity index is 956. The van der Waals surface area contributed by atoms with Gasteiger partial charge in [-0.25, -0.2) is 4.68 Å². The highest BCUT2D eigenvalue weighted by molar-refractivity contribution is 7.07. The molecule has 0 saturated heterocycles. The van der Waals surface area contributed by atoms with Crippen molar-refractivity contribution in [2.75, 3.05) is 7.05 Å².